The quantitative estimate of drug-likeness (QED) is 0.735. The number of hydrogen-bond acceptors (Lipinski definition) is 1. The van der Waals surface area contributed by atoms with Gasteiger partial charge in [0.25, 0.3) is 0 Å². The molecule has 0 spiro atoms. The van der Waals surface area contributed by atoms with E-state index in [1.807, 2.05) is 12.1 Å². The van der Waals surface area contributed by atoms with E-state index in [4.69, 9.17) is 27.9 Å². The number of alkyl halides is 1. The van der Waals surface area contributed by atoms with Crippen LogP contribution in [-0.2, 0) is 0 Å². The second-order valence-electron chi connectivity index (χ2n) is 3.80. The minimum Gasteiger partial charge on any atom is -0.497 e. The molecule has 4 heteroatoms. The Morgan fingerprint density at radius 1 is 1.11 bits per heavy atom. The van der Waals surface area contributed by atoms with E-state index in [2.05, 4.69) is 0 Å². The number of halogens is 3. The van der Waals surface area contributed by atoms with Gasteiger partial charge in [-0.3, -0.25) is 0 Å². The van der Waals surface area contributed by atoms with Crippen molar-refractivity contribution < 1.29 is 9.13 Å². The molecule has 94 valence electrons. The lowest BCUT2D eigenvalue weighted by molar-refractivity contribution is 0.414. The van der Waals surface area contributed by atoms with Crippen molar-refractivity contribution in [2.75, 3.05) is 7.11 Å². The Kier molecular flexibility index (Phi) is 4.10. The molecule has 0 aliphatic rings. The first-order valence-electron chi connectivity index (χ1n) is 5.35. The predicted octanol–water partition coefficient (Wildman–Crippen LogP) is 4.82. The fourth-order valence-corrected chi connectivity index (χ4v) is 2.14. The number of ether oxygens (including phenoxy) is 1. The molecule has 0 bridgehead atoms. The van der Waals surface area contributed by atoms with Gasteiger partial charge in [0.1, 0.15) is 11.6 Å². The smallest absolute Gasteiger partial charge is 0.129 e. The van der Waals surface area contributed by atoms with Crippen molar-refractivity contribution in [2.24, 2.45) is 0 Å². The summed E-state index contributed by atoms with van der Waals surface area (Å²) in [6.07, 6.45) is 0. The van der Waals surface area contributed by atoms with E-state index < -0.39 is 11.2 Å². The lowest BCUT2D eigenvalue weighted by Crippen LogP contribution is -1.97. The third kappa shape index (κ3) is 2.77. The van der Waals surface area contributed by atoms with Crippen molar-refractivity contribution in [3.63, 3.8) is 0 Å². The van der Waals surface area contributed by atoms with E-state index in [-0.39, 0.29) is 0 Å². The highest BCUT2D eigenvalue weighted by molar-refractivity contribution is 6.30. The molecule has 2 rings (SSSR count). The third-order valence-corrected chi connectivity index (χ3v) is 3.37. The van der Waals surface area contributed by atoms with Gasteiger partial charge < -0.3 is 4.74 Å². The average Bonchev–Trinajstić information content (AvgIpc) is 2.38. The lowest BCUT2D eigenvalue weighted by Gasteiger charge is -2.12. The zero-order valence-corrected chi connectivity index (χ0v) is 11.2. The molecular formula is C14H11Cl2FO. The molecule has 1 nitrogen and oxygen atoms in total. The van der Waals surface area contributed by atoms with E-state index in [1.54, 1.807) is 31.4 Å². The summed E-state index contributed by atoms with van der Waals surface area (Å²) in [7, 11) is 1.59. The summed E-state index contributed by atoms with van der Waals surface area (Å²) in [6.45, 7) is 0. The molecule has 0 fully saturated rings. The van der Waals surface area contributed by atoms with Gasteiger partial charge in [-0.1, -0.05) is 29.8 Å². The van der Waals surface area contributed by atoms with Crippen LogP contribution in [0.2, 0.25) is 5.02 Å². The number of hydrogen-bond donors (Lipinski definition) is 0. The molecule has 18 heavy (non-hydrogen) atoms. The molecule has 2 aromatic carbocycles. The summed E-state index contributed by atoms with van der Waals surface area (Å²) in [6, 6.07) is 11.7. The maximum absolute atomic E-state index is 13.7. The van der Waals surface area contributed by atoms with Crippen LogP contribution in [0, 0.1) is 5.82 Å². The van der Waals surface area contributed by atoms with E-state index in [9.17, 15) is 4.39 Å². The van der Waals surface area contributed by atoms with Crippen LogP contribution in [0.3, 0.4) is 0 Å². The molecule has 0 amide bonds. The van der Waals surface area contributed by atoms with Crippen molar-refractivity contribution in [1.82, 2.24) is 0 Å². The maximum atomic E-state index is 13.7. The first-order chi connectivity index (χ1) is 8.61. The van der Waals surface area contributed by atoms with Gasteiger partial charge in [0.2, 0.25) is 0 Å². The summed E-state index contributed by atoms with van der Waals surface area (Å²) >= 11 is 12.0. The summed E-state index contributed by atoms with van der Waals surface area (Å²) in [5, 5.41) is -0.192. The second kappa shape index (κ2) is 5.59. The summed E-state index contributed by atoms with van der Waals surface area (Å²) in [4.78, 5) is 0. The molecule has 2 aromatic rings. The molecule has 0 aromatic heterocycles. The van der Waals surface area contributed by atoms with Crippen LogP contribution in [0.4, 0.5) is 4.39 Å². The molecule has 0 saturated heterocycles. The monoisotopic (exact) mass is 284 g/mol. The summed E-state index contributed by atoms with van der Waals surface area (Å²) < 4.78 is 18.8. The highest BCUT2D eigenvalue weighted by Crippen LogP contribution is 2.32. The van der Waals surface area contributed by atoms with E-state index >= 15 is 0 Å². The minimum atomic E-state index is -0.548. The third-order valence-electron chi connectivity index (χ3n) is 2.64. The Hall–Kier alpha value is -1.25. The number of benzene rings is 2. The largest absolute Gasteiger partial charge is 0.497 e. The average molecular weight is 285 g/mol. The van der Waals surface area contributed by atoms with Crippen molar-refractivity contribution in [3.8, 4) is 5.75 Å². The van der Waals surface area contributed by atoms with Gasteiger partial charge in [0.05, 0.1) is 12.5 Å². The summed E-state index contributed by atoms with van der Waals surface area (Å²) in [5.41, 5.74) is 1.21. The predicted molar refractivity (Wildman–Crippen MR) is 72.1 cm³/mol. The number of methoxy groups -OCH3 is 1. The summed E-state index contributed by atoms with van der Waals surface area (Å²) in [5.74, 6) is 0.331. The van der Waals surface area contributed by atoms with E-state index in [1.165, 1.54) is 6.07 Å². The van der Waals surface area contributed by atoms with Gasteiger partial charge in [-0.15, -0.1) is 11.6 Å². The normalized spacial score (nSPS) is 12.2. The fraction of sp³-hybridized carbons (Fsp3) is 0.143. The Bertz CT molecular complexity index is 540. The zero-order valence-electron chi connectivity index (χ0n) is 9.66. The Morgan fingerprint density at radius 2 is 1.78 bits per heavy atom. The van der Waals surface area contributed by atoms with Crippen LogP contribution in [-0.4, -0.2) is 7.11 Å². The van der Waals surface area contributed by atoms with Gasteiger partial charge in [-0.2, -0.15) is 0 Å². The maximum Gasteiger partial charge on any atom is 0.129 e. The van der Waals surface area contributed by atoms with Crippen molar-refractivity contribution >= 4 is 23.2 Å². The van der Waals surface area contributed by atoms with Crippen molar-refractivity contribution in [3.05, 3.63) is 64.4 Å². The van der Waals surface area contributed by atoms with Crippen LogP contribution in [0.15, 0.2) is 42.5 Å². The van der Waals surface area contributed by atoms with Crippen LogP contribution < -0.4 is 4.74 Å². The Balaban J connectivity index is 2.31. The van der Waals surface area contributed by atoms with Crippen molar-refractivity contribution in [2.45, 2.75) is 5.38 Å². The topological polar surface area (TPSA) is 9.23 Å². The van der Waals surface area contributed by atoms with Crippen LogP contribution in [0.25, 0.3) is 0 Å². The highest BCUT2D eigenvalue weighted by Gasteiger charge is 2.15. The molecular weight excluding hydrogens is 274 g/mol. The minimum absolute atomic E-state index is 0.356. The molecule has 0 aliphatic carbocycles. The standard InChI is InChI=1S/C14H11Cl2FO/c1-18-11-5-2-9(3-6-11)14(16)12-7-4-10(15)8-13(12)17/h2-8,14H,1H3. The molecule has 0 aliphatic heterocycles. The molecule has 0 N–H and O–H groups in total. The van der Waals surface area contributed by atoms with Crippen molar-refractivity contribution in [1.29, 1.82) is 0 Å². The molecule has 0 saturated carbocycles. The van der Waals surface area contributed by atoms with Crippen LogP contribution >= 0.6 is 23.2 Å². The highest BCUT2D eigenvalue weighted by atomic mass is 35.5. The first kappa shape index (κ1) is 13.2. The van der Waals surface area contributed by atoms with Gasteiger partial charge in [0.15, 0.2) is 0 Å². The van der Waals surface area contributed by atoms with Gasteiger partial charge in [0, 0.05) is 10.6 Å². The second-order valence-corrected chi connectivity index (χ2v) is 4.67. The SMILES string of the molecule is COc1ccc(C(Cl)c2ccc(Cl)cc2F)cc1. The van der Waals surface area contributed by atoms with Gasteiger partial charge >= 0.3 is 0 Å². The van der Waals surface area contributed by atoms with E-state index in [0.717, 1.165) is 11.3 Å². The number of rotatable bonds is 3. The van der Waals surface area contributed by atoms with Gasteiger partial charge in [-0.05, 0) is 29.8 Å². The molecule has 1 unspecified atom stereocenters. The zero-order chi connectivity index (χ0) is 13.1. The Labute approximate surface area is 115 Å². The van der Waals surface area contributed by atoms with Gasteiger partial charge in [-0.25, -0.2) is 4.39 Å². The lowest BCUT2D eigenvalue weighted by atomic mass is 10.0. The fourth-order valence-electron chi connectivity index (χ4n) is 1.66. The molecule has 0 radical (unpaired) electrons. The molecule has 0 heterocycles. The molecule has 1 atom stereocenters. The van der Waals surface area contributed by atoms with Crippen LogP contribution in [0.1, 0.15) is 16.5 Å². The first-order valence-corrected chi connectivity index (χ1v) is 6.16. The van der Waals surface area contributed by atoms with E-state index in [0.29, 0.717) is 10.6 Å². The van der Waals surface area contributed by atoms with Crippen LogP contribution in [0.5, 0.6) is 5.75 Å². The Morgan fingerprint density at radius 3 is 2.33 bits per heavy atom.